The van der Waals surface area contributed by atoms with Crippen LogP contribution in [-0.4, -0.2) is 26.5 Å². The first-order valence-corrected chi connectivity index (χ1v) is 8.86. The van der Waals surface area contributed by atoms with E-state index in [1.165, 1.54) is 30.4 Å². The highest BCUT2D eigenvalue weighted by Crippen LogP contribution is 2.34. The van der Waals surface area contributed by atoms with Crippen LogP contribution < -0.4 is 5.09 Å². The van der Waals surface area contributed by atoms with Crippen LogP contribution in [0.4, 0.5) is 0 Å². The number of phenols is 1. The molecule has 0 amide bonds. The predicted molar refractivity (Wildman–Crippen MR) is 87.0 cm³/mol. The highest BCUT2D eigenvalue weighted by atomic mass is 31.2. The molecule has 4 N–H and O–H groups in total. The second-order valence-corrected chi connectivity index (χ2v) is 6.95. The van der Waals surface area contributed by atoms with E-state index in [0.717, 1.165) is 5.56 Å². The Labute approximate surface area is 138 Å². The molecule has 0 aromatic heterocycles. The van der Waals surface area contributed by atoms with Crippen molar-refractivity contribution in [1.82, 2.24) is 5.09 Å². The summed E-state index contributed by atoms with van der Waals surface area (Å²) in [5.74, 6) is -2.43. The van der Waals surface area contributed by atoms with Gasteiger partial charge >= 0.3 is 7.75 Å². The molecule has 2 atom stereocenters. The van der Waals surface area contributed by atoms with Crippen LogP contribution in [0.15, 0.2) is 48.2 Å². The van der Waals surface area contributed by atoms with Gasteiger partial charge in [-0.2, -0.15) is 0 Å². The van der Waals surface area contributed by atoms with E-state index < -0.39 is 25.2 Å². The van der Waals surface area contributed by atoms with E-state index in [0.29, 0.717) is 0 Å². The van der Waals surface area contributed by atoms with Gasteiger partial charge in [-0.15, -0.1) is 0 Å². The minimum Gasteiger partial charge on any atom is -0.508 e. The lowest BCUT2D eigenvalue weighted by molar-refractivity contribution is -0.129. The quantitative estimate of drug-likeness (QED) is 0.455. The molecule has 0 bridgehead atoms. The zero-order chi connectivity index (χ0) is 17.9. The van der Waals surface area contributed by atoms with Gasteiger partial charge in [0.15, 0.2) is 5.78 Å². The van der Waals surface area contributed by atoms with Crippen molar-refractivity contribution in [3.05, 3.63) is 53.8 Å². The van der Waals surface area contributed by atoms with Gasteiger partial charge in [-0.05, 0) is 35.8 Å². The SMILES string of the molecule is CC(CC(=O)C1C(=O)C=CC=C1NP(=O)(O)O)c1cccc(O)c1. The Bertz CT molecular complexity index is 764. The number of hydrogen-bond acceptors (Lipinski definition) is 4. The second-order valence-electron chi connectivity index (χ2n) is 5.64. The molecule has 2 rings (SSSR count). The molecule has 0 heterocycles. The van der Waals surface area contributed by atoms with Crippen LogP contribution in [0.25, 0.3) is 0 Å². The number of carbonyl (C=O) groups is 2. The van der Waals surface area contributed by atoms with Gasteiger partial charge in [0.05, 0.1) is 0 Å². The molecule has 1 aromatic rings. The fraction of sp³-hybridized carbons (Fsp3) is 0.250. The summed E-state index contributed by atoms with van der Waals surface area (Å²) in [5.41, 5.74) is 0.625. The highest BCUT2D eigenvalue weighted by molar-refractivity contribution is 7.49. The number of carbonyl (C=O) groups excluding carboxylic acids is 2. The van der Waals surface area contributed by atoms with Crippen LogP contribution in [0.2, 0.25) is 0 Å². The van der Waals surface area contributed by atoms with Crippen molar-refractivity contribution in [2.45, 2.75) is 19.3 Å². The van der Waals surface area contributed by atoms with E-state index in [1.807, 2.05) is 5.09 Å². The van der Waals surface area contributed by atoms with Crippen molar-refractivity contribution in [3.63, 3.8) is 0 Å². The molecule has 2 unspecified atom stereocenters. The maximum absolute atomic E-state index is 12.5. The summed E-state index contributed by atoms with van der Waals surface area (Å²) in [5, 5.41) is 11.4. The second kappa shape index (κ2) is 7.13. The molecule has 0 spiro atoms. The van der Waals surface area contributed by atoms with E-state index in [2.05, 4.69) is 0 Å². The van der Waals surface area contributed by atoms with Crippen LogP contribution in [0, 0.1) is 5.92 Å². The van der Waals surface area contributed by atoms with Crippen LogP contribution >= 0.6 is 7.75 Å². The zero-order valence-corrected chi connectivity index (χ0v) is 13.8. The number of Topliss-reactive ketones (excluding diaryl/α,β-unsaturated/α-hetero) is 1. The number of aromatic hydroxyl groups is 1. The third kappa shape index (κ3) is 4.64. The molecule has 0 fully saturated rings. The van der Waals surface area contributed by atoms with Gasteiger partial charge in [0, 0.05) is 12.1 Å². The van der Waals surface area contributed by atoms with Gasteiger partial charge in [-0.25, -0.2) is 4.57 Å². The molecule has 7 nitrogen and oxygen atoms in total. The minimum atomic E-state index is -4.63. The largest absolute Gasteiger partial charge is 0.508 e. The van der Waals surface area contributed by atoms with E-state index in [4.69, 9.17) is 9.79 Å². The number of nitrogens with one attached hydrogen (secondary N) is 1. The van der Waals surface area contributed by atoms with E-state index in [1.54, 1.807) is 19.1 Å². The average molecular weight is 351 g/mol. The van der Waals surface area contributed by atoms with Crippen LogP contribution in [0.3, 0.4) is 0 Å². The van der Waals surface area contributed by atoms with E-state index in [-0.39, 0.29) is 23.8 Å². The minimum absolute atomic E-state index is 0.00607. The third-order valence-corrected chi connectivity index (χ3v) is 4.22. The number of ketones is 2. The molecule has 128 valence electrons. The van der Waals surface area contributed by atoms with Crippen molar-refractivity contribution in [1.29, 1.82) is 0 Å². The van der Waals surface area contributed by atoms with Crippen molar-refractivity contribution < 1.29 is 29.0 Å². The van der Waals surface area contributed by atoms with Crippen molar-refractivity contribution >= 4 is 19.3 Å². The maximum atomic E-state index is 12.5. The number of hydrogen-bond donors (Lipinski definition) is 4. The predicted octanol–water partition coefficient (Wildman–Crippen LogP) is 1.78. The first-order valence-electron chi connectivity index (χ1n) is 7.25. The first-order chi connectivity index (χ1) is 11.2. The first kappa shape index (κ1) is 18.1. The molecule has 24 heavy (non-hydrogen) atoms. The Morgan fingerprint density at radius 1 is 1.38 bits per heavy atom. The fourth-order valence-electron chi connectivity index (χ4n) is 2.56. The summed E-state index contributed by atoms with van der Waals surface area (Å²) in [6.45, 7) is 1.77. The van der Waals surface area contributed by atoms with Gasteiger partial charge in [0.1, 0.15) is 17.5 Å². The van der Waals surface area contributed by atoms with Gasteiger partial charge in [-0.3, -0.25) is 14.7 Å². The average Bonchev–Trinajstić information content (AvgIpc) is 2.45. The molecule has 1 aromatic carbocycles. The fourth-order valence-corrected chi connectivity index (χ4v) is 3.10. The molecule has 0 radical (unpaired) electrons. The number of phenolic OH excluding ortho intramolecular Hbond substituents is 1. The normalized spacial score (nSPS) is 18.9. The van der Waals surface area contributed by atoms with Gasteiger partial charge in [0.2, 0.25) is 0 Å². The molecule has 1 aliphatic carbocycles. The lowest BCUT2D eigenvalue weighted by Crippen LogP contribution is -2.32. The third-order valence-electron chi connectivity index (χ3n) is 3.68. The molecular formula is C16H18NO6P. The summed E-state index contributed by atoms with van der Waals surface area (Å²) in [4.78, 5) is 42.6. The summed E-state index contributed by atoms with van der Waals surface area (Å²) in [7, 11) is -4.63. The van der Waals surface area contributed by atoms with Crippen molar-refractivity contribution in [3.8, 4) is 5.75 Å². The van der Waals surface area contributed by atoms with Crippen molar-refractivity contribution in [2.24, 2.45) is 5.92 Å². The van der Waals surface area contributed by atoms with Crippen LogP contribution in [0.1, 0.15) is 24.8 Å². The Morgan fingerprint density at radius 2 is 2.08 bits per heavy atom. The van der Waals surface area contributed by atoms with Gasteiger partial charge < -0.3 is 14.9 Å². The van der Waals surface area contributed by atoms with Gasteiger partial charge in [0.25, 0.3) is 0 Å². The summed E-state index contributed by atoms with van der Waals surface area (Å²) >= 11 is 0. The Balaban J connectivity index is 2.17. The van der Waals surface area contributed by atoms with Gasteiger partial charge in [-0.1, -0.05) is 25.1 Å². The maximum Gasteiger partial charge on any atom is 0.427 e. The molecule has 8 heteroatoms. The Hall–Kier alpha value is -2.21. The Kier molecular flexibility index (Phi) is 5.39. The number of rotatable bonds is 6. The zero-order valence-electron chi connectivity index (χ0n) is 12.9. The van der Waals surface area contributed by atoms with E-state index in [9.17, 15) is 19.3 Å². The number of benzene rings is 1. The highest BCUT2D eigenvalue weighted by Gasteiger charge is 2.33. The lowest BCUT2D eigenvalue weighted by Gasteiger charge is -2.22. The monoisotopic (exact) mass is 351 g/mol. The lowest BCUT2D eigenvalue weighted by atomic mass is 9.85. The standard InChI is InChI=1S/C16H18NO6P/c1-10(11-4-2-5-12(18)9-11)8-15(20)16-13(17-24(21,22)23)6-3-7-14(16)19/h2-7,9-10,16,18H,8H2,1H3,(H3,17,21,22,23). The summed E-state index contributed by atoms with van der Waals surface area (Å²) < 4.78 is 11.1. The smallest absolute Gasteiger partial charge is 0.427 e. The topological polar surface area (TPSA) is 124 Å². The molecule has 0 aliphatic heterocycles. The number of allylic oxidation sites excluding steroid dienone is 4. The summed E-state index contributed by atoms with van der Waals surface area (Å²) in [6, 6.07) is 6.45. The molecule has 0 saturated heterocycles. The molecule has 1 aliphatic rings. The van der Waals surface area contributed by atoms with E-state index >= 15 is 0 Å². The molecule has 0 saturated carbocycles. The molecular weight excluding hydrogens is 333 g/mol. The van der Waals surface area contributed by atoms with Crippen LogP contribution in [-0.2, 0) is 14.2 Å². The van der Waals surface area contributed by atoms with Crippen molar-refractivity contribution in [2.75, 3.05) is 0 Å². The summed E-state index contributed by atoms with van der Waals surface area (Å²) in [6.07, 6.45) is 3.84. The van der Waals surface area contributed by atoms with Crippen LogP contribution in [0.5, 0.6) is 5.75 Å². The Morgan fingerprint density at radius 3 is 2.71 bits per heavy atom.